The van der Waals surface area contributed by atoms with E-state index < -0.39 is 11.7 Å². The molecule has 0 aliphatic carbocycles. The Morgan fingerprint density at radius 3 is 2.22 bits per heavy atom. The molecule has 0 spiro atoms. The Kier molecular flexibility index (Phi) is 11.1. The van der Waals surface area contributed by atoms with Gasteiger partial charge in [0.2, 0.25) is 5.91 Å². The van der Waals surface area contributed by atoms with Gasteiger partial charge in [0, 0.05) is 29.6 Å². The molecule has 2 N–H and O–H groups in total. The van der Waals surface area contributed by atoms with E-state index in [2.05, 4.69) is 4.74 Å². The molecule has 0 aromatic heterocycles. The maximum Gasteiger partial charge on any atom is 0.405 e. The number of carbonyl (C=O) groups is 2. The number of halogens is 2. The summed E-state index contributed by atoms with van der Waals surface area (Å²) < 4.78 is 4.58. The van der Waals surface area contributed by atoms with Gasteiger partial charge in [0.25, 0.3) is 0 Å². The van der Waals surface area contributed by atoms with Crippen LogP contribution in [0, 0.1) is 0 Å². The number of primary amides is 1. The van der Waals surface area contributed by atoms with Crippen LogP contribution >= 0.6 is 23.2 Å². The molecule has 1 aliphatic heterocycles. The van der Waals surface area contributed by atoms with E-state index in [9.17, 15) is 9.59 Å². The van der Waals surface area contributed by atoms with Crippen LogP contribution in [0.4, 0.5) is 4.79 Å². The molecule has 2 aromatic rings. The zero-order valence-electron chi connectivity index (χ0n) is 19.4. The number of ether oxygens (including phenoxy) is 1. The number of hydrogen-bond donors (Lipinski definition) is 1. The Morgan fingerprint density at radius 1 is 1.06 bits per heavy atom. The SMILES string of the molecule is CC.CC(C)(C)OC(N)=O.[B]c1ccc2c(c1)CN(C(=O)CCc1ccc(Cl)cc1Cl)C2. The summed E-state index contributed by atoms with van der Waals surface area (Å²) >= 11 is 12.0. The maximum atomic E-state index is 12.4. The predicted octanol–water partition coefficient (Wildman–Crippen LogP) is 5.17. The second-order valence-corrected chi connectivity index (χ2v) is 8.89. The zero-order valence-corrected chi connectivity index (χ0v) is 20.9. The highest BCUT2D eigenvalue weighted by atomic mass is 35.5. The summed E-state index contributed by atoms with van der Waals surface area (Å²) in [6, 6.07) is 11.2. The van der Waals surface area contributed by atoms with Crippen molar-refractivity contribution in [2.24, 2.45) is 5.73 Å². The fourth-order valence-electron chi connectivity index (χ4n) is 3.02. The molecule has 172 valence electrons. The monoisotopic (exact) mass is 476 g/mol. The molecule has 2 radical (unpaired) electrons. The van der Waals surface area contributed by atoms with Gasteiger partial charge in [-0.2, -0.15) is 0 Å². The van der Waals surface area contributed by atoms with Crippen LogP contribution in [-0.2, 0) is 29.0 Å². The number of fused-ring (bicyclic) bond motifs is 1. The highest BCUT2D eigenvalue weighted by Gasteiger charge is 2.23. The van der Waals surface area contributed by atoms with Crippen molar-refractivity contribution in [2.45, 2.75) is 66.2 Å². The largest absolute Gasteiger partial charge is 0.444 e. The first-order valence-corrected chi connectivity index (χ1v) is 11.3. The van der Waals surface area contributed by atoms with Crippen LogP contribution in [0.2, 0.25) is 10.0 Å². The number of rotatable bonds is 3. The van der Waals surface area contributed by atoms with Gasteiger partial charge in [-0.3, -0.25) is 4.79 Å². The molecular weight excluding hydrogens is 446 g/mol. The number of hydrogen-bond acceptors (Lipinski definition) is 3. The minimum atomic E-state index is -0.725. The van der Waals surface area contributed by atoms with Crippen LogP contribution < -0.4 is 11.2 Å². The quantitative estimate of drug-likeness (QED) is 0.621. The Bertz CT molecular complexity index is 930. The van der Waals surface area contributed by atoms with Crippen molar-refractivity contribution in [3.05, 3.63) is 63.1 Å². The Balaban J connectivity index is 0.000000436. The van der Waals surface area contributed by atoms with Crippen LogP contribution in [-0.4, -0.2) is 30.3 Å². The van der Waals surface area contributed by atoms with Gasteiger partial charge in [-0.05, 0) is 56.0 Å². The molecule has 3 rings (SSSR count). The van der Waals surface area contributed by atoms with Crippen LogP contribution in [0.1, 0.15) is 57.7 Å². The molecular formula is C24H31BCl2N2O3. The second-order valence-electron chi connectivity index (χ2n) is 8.05. The van der Waals surface area contributed by atoms with E-state index >= 15 is 0 Å². The van der Waals surface area contributed by atoms with E-state index in [1.807, 2.05) is 43.0 Å². The van der Waals surface area contributed by atoms with Crippen molar-refractivity contribution in [1.82, 2.24) is 4.90 Å². The fraction of sp³-hybridized carbons (Fsp3) is 0.417. The summed E-state index contributed by atoms with van der Waals surface area (Å²) in [5, 5.41) is 1.21. The number of benzene rings is 2. The van der Waals surface area contributed by atoms with Gasteiger partial charge in [-0.15, -0.1) is 0 Å². The highest BCUT2D eigenvalue weighted by Crippen LogP contribution is 2.25. The van der Waals surface area contributed by atoms with Crippen LogP contribution in [0.25, 0.3) is 0 Å². The van der Waals surface area contributed by atoms with E-state index in [4.69, 9.17) is 36.8 Å². The van der Waals surface area contributed by atoms with Gasteiger partial charge >= 0.3 is 6.09 Å². The second kappa shape index (κ2) is 12.8. The topological polar surface area (TPSA) is 72.6 Å². The van der Waals surface area contributed by atoms with Gasteiger partial charge < -0.3 is 15.4 Å². The number of amides is 2. The number of aryl methyl sites for hydroxylation is 1. The highest BCUT2D eigenvalue weighted by molar-refractivity contribution is 6.35. The van der Waals surface area contributed by atoms with Crippen molar-refractivity contribution in [3.8, 4) is 0 Å². The third-order valence-corrected chi connectivity index (χ3v) is 4.92. The summed E-state index contributed by atoms with van der Waals surface area (Å²) in [7, 11) is 5.79. The van der Waals surface area contributed by atoms with Crippen molar-refractivity contribution in [1.29, 1.82) is 0 Å². The summed E-state index contributed by atoms with van der Waals surface area (Å²) in [5.74, 6) is 0.126. The Hall–Kier alpha value is -2.18. The molecule has 0 saturated heterocycles. The minimum absolute atomic E-state index is 0.126. The van der Waals surface area contributed by atoms with Crippen LogP contribution in [0.15, 0.2) is 36.4 Å². The van der Waals surface area contributed by atoms with Gasteiger partial charge in [-0.1, -0.05) is 66.8 Å². The number of nitrogens with two attached hydrogens (primary N) is 1. The third-order valence-electron chi connectivity index (χ3n) is 4.34. The predicted molar refractivity (Wildman–Crippen MR) is 133 cm³/mol. The van der Waals surface area contributed by atoms with Crippen molar-refractivity contribution >= 4 is 48.5 Å². The van der Waals surface area contributed by atoms with E-state index in [1.165, 1.54) is 5.56 Å². The molecule has 1 aliphatic rings. The molecule has 32 heavy (non-hydrogen) atoms. The average molecular weight is 477 g/mol. The first-order chi connectivity index (χ1) is 14.9. The van der Waals surface area contributed by atoms with Gasteiger partial charge in [-0.25, -0.2) is 4.79 Å². The van der Waals surface area contributed by atoms with E-state index in [1.54, 1.807) is 32.9 Å². The molecule has 8 heteroatoms. The zero-order chi connectivity index (χ0) is 24.5. The molecule has 0 unspecified atom stereocenters. The lowest BCUT2D eigenvalue weighted by Gasteiger charge is -2.16. The van der Waals surface area contributed by atoms with Gasteiger partial charge in [0.1, 0.15) is 13.4 Å². The molecule has 0 bridgehead atoms. The van der Waals surface area contributed by atoms with Crippen molar-refractivity contribution < 1.29 is 14.3 Å². The van der Waals surface area contributed by atoms with Crippen molar-refractivity contribution in [2.75, 3.05) is 0 Å². The minimum Gasteiger partial charge on any atom is -0.444 e. The first-order valence-electron chi connectivity index (χ1n) is 10.5. The third kappa shape index (κ3) is 9.53. The van der Waals surface area contributed by atoms with E-state index in [-0.39, 0.29) is 5.91 Å². The van der Waals surface area contributed by atoms with E-state index in [0.29, 0.717) is 36.0 Å². The Labute approximate surface area is 202 Å². The lowest BCUT2D eigenvalue weighted by Crippen LogP contribution is -2.27. The summed E-state index contributed by atoms with van der Waals surface area (Å²) in [4.78, 5) is 24.2. The number of carbonyl (C=O) groups excluding carboxylic acids is 2. The Morgan fingerprint density at radius 2 is 1.69 bits per heavy atom. The van der Waals surface area contributed by atoms with Crippen molar-refractivity contribution in [3.63, 3.8) is 0 Å². The molecule has 2 amide bonds. The lowest BCUT2D eigenvalue weighted by molar-refractivity contribution is -0.131. The normalized spacial score (nSPS) is 12.0. The average Bonchev–Trinajstić information content (AvgIpc) is 3.10. The van der Waals surface area contributed by atoms with Gasteiger partial charge in [0.15, 0.2) is 0 Å². The molecule has 2 aromatic carbocycles. The first kappa shape index (κ1) is 27.9. The summed E-state index contributed by atoms with van der Waals surface area (Å²) in [5.41, 5.74) is 8.26. The molecule has 5 nitrogen and oxygen atoms in total. The molecule has 0 atom stereocenters. The lowest BCUT2D eigenvalue weighted by atomic mass is 9.93. The van der Waals surface area contributed by atoms with Crippen LogP contribution in [0.3, 0.4) is 0 Å². The molecule has 1 heterocycles. The summed E-state index contributed by atoms with van der Waals surface area (Å²) in [6.07, 6.45) is 0.326. The molecule has 0 saturated carbocycles. The fourth-order valence-corrected chi connectivity index (χ4v) is 3.52. The number of nitrogens with zero attached hydrogens (tertiary/aromatic N) is 1. The smallest absolute Gasteiger partial charge is 0.405 e. The molecule has 0 fully saturated rings. The standard InChI is InChI=1S/C17H14BCl2NO.C5H11NO2.C2H6/c18-14-4-1-12-9-21(10-13(12)7-14)17(22)6-3-11-2-5-15(19)8-16(11)20;1-5(2,3)8-4(6)7;1-2/h1-2,4-5,7-8H,3,6,9-10H2;1-3H3,(H2,6,7);1-2H3. The van der Waals surface area contributed by atoms with Crippen LogP contribution in [0.5, 0.6) is 0 Å². The summed E-state index contributed by atoms with van der Waals surface area (Å²) in [6.45, 7) is 10.6. The van der Waals surface area contributed by atoms with E-state index in [0.717, 1.165) is 16.6 Å². The van der Waals surface area contributed by atoms with Gasteiger partial charge in [0.05, 0.1) is 0 Å². The maximum absolute atomic E-state index is 12.4.